The van der Waals surface area contributed by atoms with Crippen molar-refractivity contribution in [2.75, 3.05) is 5.32 Å². The molecule has 0 bridgehead atoms. The molecule has 0 saturated carbocycles. The number of thiophene rings is 1. The Bertz CT molecular complexity index is 857. The minimum absolute atomic E-state index is 0.288. The highest BCUT2D eigenvalue weighted by Crippen LogP contribution is 2.38. The van der Waals surface area contributed by atoms with Gasteiger partial charge in [-0.15, -0.1) is 11.3 Å². The fourth-order valence-electron chi connectivity index (χ4n) is 3.17. The third kappa shape index (κ3) is 3.75. The van der Waals surface area contributed by atoms with Crippen LogP contribution in [0.25, 0.3) is 0 Å². The third-order valence-corrected chi connectivity index (χ3v) is 6.02. The predicted octanol–water partition coefficient (Wildman–Crippen LogP) is 3.75. The van der Waals surface area contributed by atoms with Gasteiger partial charge in [-0.1, -0.05) is 6.07 Å². The number of carbonyl (C=O) groups is 2. The van der Waals surface area contributed by atoms with Gasteiger partial charge in [0.1, 0.15) is 10.8 Å². The SMILES string of the molecule is Cc1ccc(O[C@@H](C)C(=O)Nc2sc3c(c2C(N)=O)CCCC3)cc1C. The lowest BCUT2D eigenvalue weighted by Crippen LogP contribution is -2.30. The van der Waals surface area contributed by atoms with Crippen LogP contribution in [0, 0.1) is 13.8 Å². The zero-order chi connectivity index (χ0) is 18.8. The maximum absolute atomic E-state index is 12.6. The van der Waals surface area contributed by atoms with Crippen LogP contribution in [0.5, 0.6) is 5.75 Å². The summed E-state index contributed by atoms with van der Waals surface area (Å²) in [6.45, 7) is 5.73. The second-order valence-corrected chi connectivity index (χ2v) is 7.88. The number of amides is 2. The van der Waals surface area contributed by atoms with Crippen LogP contribution < -0.4 is 15.8 Å². The lowest BCUT2D eigenvalue weighted by Gasteiger charge is -2.15. The summed E-state index contributed by atoms with van der Waals surface area (Å²) in [4.78, 5) is 25.6. The summed E-state index contributed by atoms with van der Waals surface area (Å²) in [5.74, 6) is -0.122. The van der Waals surface area contributed by atoms with Crippen molar-refractivity contribution in [3.63, 3.8) is 0 Å². The molecule has 1 aliphatic rings. The Morgan fingerprint density at radius 2 is 1.92 bits per heavy atom. The van der Waals surface area contributed by atoms with Crippen LogP contribution in [0.4, 0.5) is 5.00 Å². The summed E-state index contributed by atoms with van der Waals surface area (Å²) in [6, 6.07) is 5.73. The van der Waals surface area contributed by atoms with Crippen LogP contribution in [0.1, 0.15) is 51.7 Å². The molecule has 1 atom stereocenters. The van der Waals surface area contributed by atoms with E-state index in [9.17, 15) is 9.59 Å². The molecule has 1 aliphatic carbocycles. The van der Waals surface area contributed by atoms with Crippen LogP contribution in [-0.2, 0) is 17.6 Å². The third-order valence-electron chi connectivity index (χ3n) is 4.81. The van der Waals surface area contributed by atoms with E-state index in [1.165, 1.54) is 16.9 Å². The first-order chi connectivity index (χ1) is 12.4. The maximum Gasteiger partial charge on any atom is 0.265 e. The van der Waals surface area contributed by atoms with Gasteiger partial charge in [-0.3, -0.25) is 9.59 Å². The Balaban J connectivity index is 1.76. The number of anilines is 1. The maximum atomic E-state index is 12.6. The fraction of sp³-hybridized carbons (Fsp3) is 0.400. The monoisotopic (exact) mass is 372 g/mol. The molecule has 5 nitrogen and oxygen atoms in total. The molecule has 2 amide bonds. The smallest absolute Gasteiger partial charge is 0.265 e. The molecule has 0 radical (unpaired) electrons. The number of rotatable bonds is 5. The number of fused-ring (bicyclic) bond motifs is 1. The number of hydrogen-bond donors (Lipinski definition) is 2. The molecule has 0 spiro atoms. The van der Waals surface area contributed by atoms with Gasteiger partial charge in [-0.05, 0) is 75.3 Å². The number of carbonyl (C=O) groups excluding carboxylic acids is 2. The molecule has 0 aliphatic heterocycles. The Morgan fingerprint density at radius 1 is 1.19 bits per heavy atom. The second kappa shape index (κ2) is 7.50. The Kier molecular flexibility index (Phi) is 5.32. The number of nitrogens with two attached hydrogens (primary N) is 1. The summed E-state index contributed by atoms with van der Waals surface area (Å²) in [6.07, 6.45) is 3.24. The topological polar surface area (TPSA) is 81.4 Å². The molecule has 0 unspecified atom stereocenters. The van der Waals surface area contributed by atoms with E-state index in [1.807, 2.05) is 32.0 Å². The van der Waals surface area contributed by atoms with Crippen molar-refractivity contribution >= 4 is 28.2 Å². The number of ether oxygens (including phenoxy) is 1. The summed E-state index contributed by atoms with van der Waals surface area (Å²) in [5, 5.41) is 3.40. The van der Waals surface area contributed by atoms with Gasteiger partial charge in [0, 0.05) is 4.88 Å². The zero-order valence-corrected chi connectivity index (χ0v) is 16.2. The molecule has 1 aromatic carbocycles. The van der Waals surface area contributed by atoms with Crippen molar-refractivity contribution in [3.8, 4) is 5.75 Å². The van der Waals surface area contributed by atoms with Gasteiger partial charge in [0.2, 0.25) is 0 Å². The largest absolute Gasteiger partial charge is 0.481 e. The Morgan fingerprint density at radius 3 is 2.62 bits per heavy atom. The Labute approximate surface area is 157 Å². The van der Waals surface area contributed by atoms with E-state index < -0.39 is 12.0 Å². The highest BCUT2D eigenvalue weighted by molar-refractivity contribution is 7.17. The van der Waals surface area contributed by atoms with Gasteiger partial charge in [0.05, 0.1) is 5.56 Å². The van der Waals surface area contributed by atoms with Crippen molar-refractivity contribution in [1.29, 1.82) is 0 Å². The quantitative estimate of drug-likeness (QED) is 0.839. The van der Waals surface area contributed by atoms with E-state index in [2.05, 4.69) is 5.32 Å². The molecule has 6 heteroatoms. The van der Waals surface area contributed by atoms with Crippen molar-refractivity contribution in [2.24, 2.45) is 5.73 Å². The van der Waals surface area contributed by atoms with Crippen LogP contribution in [0.2, 0.25) is 0 Å². The van der Waals surface area contributed by atoms with Crippen LogP contribution in [0.3, 0.4) is 0 Å². The average Bonchev–Trinajstić information content (AvgIpc) is 2.96. The average molecular weight is 372 g/mol. The zero-order valence-electron chi connectivity index (χ0n) is 15.3. The van der Waals surface area contributed by atoms with Gasteiger partial charge >= 0.3 is 0 Å². The summed E-state index contributed by atoms with van der Waals surface area (Å²) in [7, 11) is 0. The number of benzene rings is 1. The molecule has 0 fully saturated rings. The summed E-state index contributed by atoms with van der Waals surface area (Å²) >= 11 is 1.46. The lowest BCUT2D eigenvalue weighted by molar-refractivity contribution is -0.122. The van der Waals surface area contributed by atoms with Gasteiger partial charge < -0.3 is 15.8 Å². The van der Waals surface area contributed by atoms with Crippen LogP contribution in [0.15, 0.2) is 18.2 Å². The molecule has 2 aromatic rings. The molecular formula is C20H24N2O3S. The minimum Gasteiger partial charge on any atom is -0.481 e. The lowest BCUT2D eigenvalue weighted by atomic mass is 9.95. The van der Waals surface area contributed by atoms with Gasteiger partial charge in [-0.2, -0.15) is 0 Å². The molecule has 3 N–H and O–H groups in total. The molecule has 0 saturated heterocycles. The van der Waals surface area contributed by atoms with Gasteiger partial charge in [-0.25, -0.2) is 0 Å². The van der Waals surface area contributed by atoms with Crippen LogP contribution >= 0.6 is 11.3 Å². The first-order valence-corrected chi connectivity index (χ1v) is 9.67. The fourth-order valence-corrected chi connectivity index (χ4v) is 4.47. The van der Waals surface area contributed by atoms with E-state index >= 15 is 0 Å². The number of nitrogens with one attached hydrogen (secondary N) is 1. The van der Waals surface area contributed by atoms with Gasteiger partial charge in [0.15, 0.2) is 6.10 Å². The first-order valence-electron chi connectivity index (χ1n) is 8.86. The van der Waals surface area contributed by atoms with E-state index in [-0.39, 0.29) is 5.91 Å². The normalized spacial score (nSPS) is 14.4. The van der Waals surface area contributed by atoms with Crippen molar-refractivity contribution in [2.45, 2.75) is 52.6 Å². The van der Waals surface area contributed by atoms with Crippen LogP contribution in [-0.4, -0.2) is 17.9 Å². The first kappa shape index (κ1) is 18.5. The highest BCUT2D eigenvalue weighted by atomic mass is 32.1. The molecule has 26 heavy (non-hydrogen) atoms. The molecule has 3 rings (SSSR count). The van der Waals surface area contributed by atoms with Crippen molar-refractivity contribution in [3.05, 3.63) is 45.3 Å². The Hall–Kier alpha value is -2.34. The second-order valence-electron chi connectivity index (χ2n) is 6.77. The molecule has 1 heterocycles. The molecule has 138 valence electrons. The number of primary amides is 1. The van der Waals surface area contributed by atoms with E-state index in [4.69, 9.17) is 10.5 Å². The number of aryl methyl sites for hydroxylation is 3. The van der Waals surface area contributed by atoms with E-state index in [0.717, 1.165) is 41.7 Å². The summed E-state index contributed by atoms with van der Waals surface area (Å²) in [5.41, 5.74) is 9.33. The van der Waals surface area contributed by atoms with E-state index in [1.54, 1.807) is 6.92 Å². The van der Waals surface area contributed by atoms with Crippen molar-refractivity contribution < 1.29 is 14.3 Å². The standard InChI is InChI=1S/C20H24N2O3S/c1-11-8-9-14(10-12(11)2)25-13(3)19(24)22-20-17(18(21)23)15-6-4-5-7-16(15)26-20/h8-10,13H,4-7H2,1-3H3,(H2,21,23)(H,22,24)/t13-/m0/s1. The predicted molar refractivity (Wildman–Crippen MR) is 104 cm³/mol. The molecular weight excluding hydrogens is 348 g/mol. The highest BCUT2D eigenvalue weighted by Gasteiger charge is 2.26. The van der Waals surface area contributed by atoms with E-state index in [0.29, 0.717) is 16.3 Å². The van der Waals surface area contributed by atoms with Crippen molar-refractivity contribution in [1.82, 2.24) is 0 Å². The molecule has 1 aromatic heterocycles. The number of hydrogen-bond acceptors (Lipinski definition) is 4. The van der Waals surface area contributed by atoms with Gasteiger partial charge in [0.25, 0.3) is 11.8 Å². The summed E-state index contributed by atoms with van der Waals surface area (Å²) < 4.78 is 5.76. The minimum atomic E-state index is -0.683.